The van der Waals surface area contributed by atoms with Crippen LogP contribution in [0.1, 0.15) is 49.9 Å². The minimum atomic E-state index is -0.127. The Balaban J connectivity index is 0.000000149. The maximum atomic E-state index is 2.47. The van der Waals surface area contributed by atoms with Gasteiger partial charge in [-0.3, -0.25) is 0 Å². The van der Waals surface area contributed by atoms with Crippen LogP contribution in [0.25, 0.3) is 88.4 Å². The molecule has 0 amide bonds. The van der Waals surface area contributed by atoms with Crippen LogP contribution in [0.4, 0.5) is 68.2 Å². The second-order valence-electron chi connectivity index (χ2n) is 30.9. The van der Waals surface area contributed by atoms with Gasteiger partial charge in [-0.05, 0) is 256 Å². The Hall–Kier alpha value is -14.5. The molecular formula is C108H82N6. The van der Waals surface area contributed by atoms with E-state index < -0.39 is 0 Å². The van der Waals surface area contributed by atoms with Crippen molar-refractivity contribution in [2.45, 2.75) is 38.5 Å². The summed E-state index contributed by atoms with van der Waals surface area (Å²) < 4.78 is 4.94. The zero-order valence-corrected chi connectivity index (χ0v) is 64.1. The molecule has 0 saturated heterocycles. The SMILES string of the molecule is CC1(C)c2ccccc2-c2cc3c4cc(N(c5ccccc5)c5ccc(-c6ccccc6)cc5)ccc4n(-c4ccc(N(c5ccccc5)c5ccccc5)cc4)c3cc21.CC1(C)c2ccccc2-c2cc3c4cc(N(c5ccccc5)c5ccccc5)ccc4n(-c4cccc(N(c5ccccc5)c5ccccc5)c4)c3cc21. The van der Waals surface area contributed by atoms with E-state index in [0.717, 1.165) is 79.6 Å². The fourth-order valence-electron chi connectivity index (χ4n) is 18.0. The largest absolute Gasteiger partial charge is 0.311 e. The molecule has 2 heterocycles. The Morgan fingerprint density at radius 3 is 0.825 bits per heavy atom. The van der Waals surface area contributed by atoms with Gasteiger partial charge in [0.1, 0.15) is 0 Å². The second kappa shape index (κ2) is 28.4. The van der Waals surface area contributed by atoms with E-state index in [1.165, 1.54) is 99.2 Å². The first-order valence-electron chi connectivity index (χ1n) is 39.5. The third kappa shape index (κ3) is 12.0. The maximum Gasteiger partial charge on any atom is 0.0544 e. The van der Waals surface area contributed by atoms with Crippen LogP contribution in [-0.2, 0) is 10.8 Å². The van der Waals surface area contributed by atoms with Crippen molar-refractivity contribution in [3.8, 4) is 44.8 Å². The monoisotopic (exact) mass is 1460 g/mol. The molecule has 0 saturated carbocycles. The molecule has 114 heavy (non-hydrogen) atoms. The predicted molar refractivity (Wildman–Crippen MR) is 481 cm³/mol. The van der Waals surface area contributed by atoms with Gasteiger partial charge in [-0.2, -0.15) is 0 Å². The maximum absolute atomic E-state index is 2.47. The minimum absolute atomic E-state index is 0.122. The van der Waals surface area contributed by atoms with E-state index in [9.17, 15) is 0 Å². The molecule has 0 N–H and O–H groups in total. The molecule has 19 aromatic rings. The van der Waals surface area contributed by atoms with Crippen molar-refractivity contribution in [3.05, 3.63) is 447 Å². The predicted octanol–water partition coefficient (Wildman–Crippen LogP) is 29.7. The molecule has 21 rings (SSSR count). The highest BCUT2D eigenvalue weighted by Crippen LogP contribution is 2.54. The lowest BCUT2D eigenvalue weighted by Crippen LogP contribution is -2.15. The number of fused-ring (bicyclic) bond motifs is 12. The molecule has 0 bridgehead atoms. The van der Waals surface area contributed by atoms with E-state index in [4.69, 9.17) is 0 Å². The summed E-state index contributed by atoms with van der Waals surface area (Å²) in [6, 6.07) is 154. The summed E-state index contributed by atoms with van der Waals surface area (Å²) in [5, 5.41) is 4.92. The molecular weight excluding hydrogens is 1380 g/mol. The fourth-order valence-corrected chi connectivity index (χ4v) is 18.0. The summed E-state index contributed by atoms with van der Waals surface area (Å²) in [4.78, 5) is 9.38. The highest BCUT2D eigenvalue weighted by molar-refractivity contribution is 6.15. The molecule has 2 aliphatic carbocycles. The first kappa shape index (κ1) is 68.8. The zero-order chi connectivity index (χ0) is 76.4. The number of aromatic nitrogens is 2. The van der Waals surface area contributed by atoms with Crippen LogP contribution >= 0.6 is 0 Å². The summed E-state index contributed by atoms with van der Waals surface area (Å²) in [5.41, 5.74) is 33.3. The summed E-state index contributed by atoms with van der Waals surface area (Å²) in [5.74, 6) is 0. The number of rotatable bonds is 15. The number of nitrogens with zero attached hydrogens (tertiary/aromatic N) is 6. The van der Waals surface area contributed by atoms with Gasteiger partial charge in [0.05, 0.1) is 22.1 Å². The van der Waals surface area contributed by atoms with Crippen LogP contribution in [0.3, 0.4) is 0 Å². The molecule has 0 spiro atoms. The van der Waals surface area contributed by atoms with Crippen molar-refractivity contribution in [2.75, 3.05) is 19.6 Å². The van der Waals surface area contributed by atoms with Crippen LogP contribution in [-0.4, -0.2) is 9.13 Å². The van der Waals surface area contributed by atoms with E-state index in [1.807, 2.05) is 0 Å². The Morgan fingerprint density at radius 2 is 0.447 bits per heavy atom. The van der Waals surface area contributed by atoms with Gasteiger partial charge in [0, 0.05) is 112 Å². The molecule has 2 aromatic heterocycles. The van der Waals surface area contributed by atoms with Gasteiger partial charge in [-0.15, -0.1) is 0 Å². The summed E-state index contributed by atoms with van der Waals surface area (Å²) in [7, 11) is 0. The molecule has 0 unspecified atom stereocenters. The van der Waals surface area contributed by atoms with Crippen LogP contribution in [0.15, 0.2) is 425 Å². The van der Waals surface area contributed by atoms with E-state index in [2.05, 4.69) is 481 Å². The van der Waals surface area contributed by atoms with Gasteiger partial charge in [-0.25, -0.2) is 0 Å². The third-order valence-electron chi connectivity index (χ3n) is 23.5. The number of anilines is 12. The molecule has 0 aliphatic heterocycles. The molecule has 0 atom stereocenters. The lowest BCUT2D eigenvalue weighted by atomic mass is 9.82. The molecule has 544 valence electrons. The minimum Gasteiger partial charge on any atom is -0.311 e. The van der Waals surface area contributed by atoms with Crippen LogP contribution < -0.4 is 19.6 Å². The Labute approximate surface area is 666 Å². The van der Waals surface area contributed by atoms with Crippen molar-refractivity contribution >= 4 is 112 Å². The molecule has 6 heteroatoms. The molecule has 6 nitrogen and oxygen atoms in total. The normalized spacial score (nSPS) is 12.7. The summed E-state index contributed by atoms with van der Waals surface area (Å²) >= 11 is 0. The summed E-state index contributed by atoms with van der Waals surface area (Å²) in [6.45, 7) is 9.47. The Bertz CT molecular complexity index is 6620. The molecule has 17 aromatic carbocycles. The quantitative estimate of drug-likeness (QED) is 0.102. The van der Waals surface area contributed by atoms with Gasteiger partial charge < -0.3 is 28.7 Å². The second-order valence-corrected chi connectivity index (χ2v) is 30.9. The van der Waals surface area contributed by atoms with Crippen LogP contribution in [0, 0.1) is 0 Å². The van der Waals surface area contributed by atoms with Crippen molar-refractivity contribution in [3.63, 3.8) is 0 Å². The van der Waals surface area contributed by atoms with Gasteiger partial charge >= 0.3 is 0 Å². The van der Waals surface area contributed by atoms with E-state index in [0.29, 0.717) is 0 Å². The average molecular weight is 1460 g/mol. The summed E-state index contributed by atoms with van der Waals surface area (Å²) in [6.07, 6.45) is 0. The first-order chi connectivity index (χ1) is 56.1. The van der Waals surface area contributed by atoms with Gasteiger partial charge in [0.25, 0.3) is 0 Å². The van der Waals surface area contributed by atoms with Gasteiger partial charge in [0.15, 0.2) is 0 Å². The number of para-hydroxylation sites is 7. The van der Waals surface area contributed by atoms with Gasteiger partial charge in [0.2, 0.25) is 0 Å². The van der Waals surface area contributed by atoms with Crippen molar-refractivity contribution in [1.82, 2.24) is 9.13 Å². The van der Waals surface area contributed by atoms with E-state index >= 15 is 0 Å². The highest BCUT2D eigenvalue weighted by Gasteiger charge is 2.38. The number of benzene rings is 17. The van der Waals surface area contributed by atoms with Gasteiger partial charge in [-0.1, -0.05) is 252 Å². The fraction of sp³-hybridized carbons (Fsp3) is 0.0556. The number of hydrogen-bond acceptors (Lipinski definition) is 4. The lowest BCUT2D eigenvalue weighted by molar-refractivity contribution is 0.661. The lowest BCUT2D eigenvalue weighted by Gasteiger charge is -2.26. The Morgan fingerprint density at radius 1 is 0.175 bits per heavy atom. The van der Waals surface area contributed by atoms with Crippen molar-refractivity contribution in [2.24, 2.45) is 0 Å². The molecule has 2 aliphatic rings. The smallest absolute Gasteiger partial charge is 0.0544 e. The molecule has 0 fully saturated rings. The Kier molecular flexibility index (Phi) is 17.2. The average Bonchev–Trinajstić information content (AvgIpc) is 1.55. The highest BCUT2D eigenvalue weighted by atomic mass is 15.2. The third-order valence-corrected chi connectivity index (χ3v) is 23.5. The first-order valence-corrected chi connectivity index (χ1v) is 39.5. The topological polar surface area (TPSA) is 22.8 Å². The molecule has 0 radical (unpaired) electrons. The number of hydrogen-bond donors (Lipinski definition) is 0. The zero-order valence-electron chi connectivity index (χ0n) is 64.1. The van der Waals surface area contributed by atoms with Crippen molar-refractivity contribution < 1.29 is 0 Å². The van der Waals surface area contributed by atoms with E-state index in [1.54, 1.807) is 0 Å². The van der Waals surface area contributed by atoms with Crippen molar-refractivity contribution in [1.29, 1.82) is 0 Å². The van der Waals surface area contributed by atoms with Crippen LogP contribution in [0.2, 0.25) is 0 Å². The standard InChI is InChI=1S/C57H43N3.C51H39N3/c1-57(2)53-26-16-15-25-49(53)50-38-52-51-37-48(59(44-23-13-6-14-24-44)45-29-27-41(28-30-45)40-17-7-3-8-18-40)35-36-55(51)60(56(52)39-54(50)57)47-33-31-46(32-34-47)58(42-19-9-4-10-20-42)43-21-11-5-12-22-43;1-51(2)47-29-16-15-28-43(47)44-34-46-45-33-42(53(38-22-11-5-12-23-38)39-24-13-6-14-25-39)30-31-49(45)54(50(46)35-48(44)51)41-27-17-26-40(32-41)52(36-18-7-3-8-19-36)37-20-9-4-10-21-37/h3-39H,1-2H3;3-35H,1-2H3. The van der Waals surface area contributed by atoms with Crippen LogP contribution in [0.5, 0.6) is 0 Å². The van der Waals surface area contributed by atoms with E-state index in [-0.39, 0.29) is 10.8 Å².